The molecule has 1 saturated carbocycles. The number of aromatic nitrogens is 2. The number of halogens is 1. The quantitative estimate of drug-likeness (QED) is 0.575. The van der Waals surface area contributed by atoms with Crippen LogP contribution in [-0.4, -0.2) is 52.7 Å². The van der Waals surface area contributed by atoms with Crippen molar-refractivity contribution in [2.45, 2.75) is 70.5 Å². The first-order chi connectivity index (χ1) is 17.0. The maximum Gasteiger partial charge on any atom is 0.231 e. The summed E-state index contributed by atoms with van der Waals surface area (Å²) in [5.74, 6) is 0.176. The highest BCUT2D eigenvalue weighted by Crippen LogP contribution is 2.30. The van der Waals surface area contributed by atoms with E-state index >= 15 is 0 Å². The van der Waals surface area contributed by atoms with Crippen molar-refractivity contribution in [3.8, 4) is 0 Å². The molecule has 1 N–H and O–H groups in total. The predicted molar refractivity (Wildman–Crippen MR) is 135 cm³/mol. The second kappa shape index (κ2) is 11.1. The summed E-state index contributed by atoms with van der Waals surface area (Å²) in [4.78, 5) is 29.4. The Morgan fingerprint density at radius 1 is 1.09 bits per heavy atom. The average molecular weight is 500 g/mol. The summed E-state index contributed by atoms with van der Waals surface area (Å²) in [5.41, 5.74) is 1.95. The summed E-state index contributed by atoms with van der Waals surface area (Å²) in [6.07, 6.45) is 8.09. The summed E-state index contributed by atoms with van der Waals surface area (Å²) in [7, 11) is 0. The van der Waals surface area contributed by atoms with Gasteiger partial charge in [-0.1, -0.05) is 49.2 Å². The van der Waals surface area contributed by atoms with Gasteiger partial charge in [-0.3, -0.25) is 14.5 Å². The molecule has 1 atom stereocenters. The van der Waals surface area contributed by atoms with E-state index in [1.54, 1.807) is 4.90 Å². The summed E-state index contributed by atoms with van der Waals surface area (Å²) in [6.45, 7) is 2.71. The molecular weight excluding hydrogens is 465 g/mol. The number of rotatable bonds is 8. The van der Waals surface area contributed by atoms with E-state index in [1.807, 2.05) is 24.3 Å². The zero-order valence-electron chi connectivity index (χ0n) is 20.1. The third kappa shape index (κ3) is 6.25. The number of anilines is 2. The molecule has 0 radical (unpaired) electrons. The first-order valence-electron chi connectivity index (χ1n) is 12.9. The van der Waals surface area contributed by atoms with Crippen LogP contribution in [0.3, 0.4) is 0 Å². The molecule has 2 amide bonds. The van der Waals surface area contributed by atoms with Gasteiger partial charge in [0.25, 0.3) is 0 Å². The van der Waals surface area contributed by atoms with Crippen LogP contribution in [0.5, 0.6) is 0 Å². The van der Waals surface area contributed by atoms with Crippen molar-refractivity contribution in [3.63, 3.8) is 0 Å². The number of alkyl halides is 1. The number of benzene rings is 1. The van der Waals surface area contributed by atoms with Gasteiger partial charge in [-0.15, -0.1) is 10.2 Å². The molecule has 2 aromatic rings. The van der Waals surface area contributed by atoms with Gasteiger partial charge in [-0.2, -0.15) is 0 Å². The molecule has 7 nitrogen and oxygen atoms in total. The number of hydrogen-bond acceptors (Lipinski definition) is 6. The maximum atomic E-state index is 13.4. The van der Waals surface area contributed by atoms with Crippen LogP contribution < -0.4 is 10.2 Å². The molecule has 9 heteroatoms. The summed E-state index contributed by atoms with van der Waals surface area (Å²) in [6, 6.07) is 7.92. The van der Waals surface area contributed by atoms with Gasteiger partial charge in [-0.25, -0.2) is 4.39 Å². The zero-order valence-corrected chi connectivity index (χ0v) is 20.9. The van der Waals surface area contributed by atoms with E-state index in [0.29, 0.717) is 24.5 Å². The first-order valence-corrected chi connectivity index (χ1v) is 13.7. The molecule has 0 spiro atoms. The Kier molecular flexibility index (Phi) is 7.72. The van der Waals surface area contributed by atoms with E-state index < -0.39 is 12.1 Å². The summed E-state index contributed by atoms with van der Waals surface area (Å²) in [5, 5.41) is 12.7. The summed E-state index contributed by atoms with van der Waals surface area (Å²) >= 11 is 1.44. The van der Waals surface area contributed by atoms with E-state index in [4.69, 9.17) is 0 Å². The number of carbonyl (C=O) groups excluding carboxylic acids is 2. The molecule has 1 unspecified atom stereocenters. The van der Waals surface area contributed by atoms with Gasteiger partial charge in [0, 0.05) is 44.7 Å². The number of carbonyl (C=O) groups is 2. The van der Waals surface area contributed by atoms with E-state index in [9.17, 15) is 14.0 Å². The molecule has 1 aromatic carbocycles. The normalized spacial score (nSPS) is 22.3. The SMILES string of the molecule is O=C(Nc1nnc(CCC2CCCC2)s1)C1CC(=O)N(c2ccc(CN3CCC(F)CC3)cc2)C1. The van der Waals surface area contributed by atoms with Crippen LogP contribution in [0.15, 0.2) is 24.3 Å². The van der Waals surface area contributed by atoms with Crippen molar-refractivity contribution in [3.05, 3.63) is 34.8 Å². The fourth-order valence-electron chi connectivity index (χ4n) is 5.47. The number of nitrogens with one attached hydrogen (secondary N) is 1. The molecule has 2 aliphatic heterocycles. The molecular formula is C26H34FN5O2S. The Morgan fingerprint density at radius 2 is 1.83 bits per heavy atom. The number of hydrogen-bond donors (Lipinski definition) is 1. The lowest BCUT2D eigenvalue weighted by Gasteiger charge is -2.28. The molecule has 3 heterocycles. The van der Waals surface area contributed by atoms with E-state index in [1.165, 1.54) is 37.0 Å². The topological polar surface area (TPSA) is 78.4 Å². The lowest BCUT2D eigenvalue weighted by Crippen LogP contribution is -2.33. The molecule has 5 rings (SSSR count). The van der Waals surface area contributed by atoms with Gasteiger partial charge in [0.05, 0.1) is 5.92 Å². The number of nitrogens with zero attached hydrogens (tertiary/aromatic N) is 4. The van der Waals surface area contributed by atoms with Crippen LogP contribution in [0, 0.1) is 11.8 Å². The van der Waals surface area contributed by atoms with Crippen LogP contribution in [0.1, 0.15) is 61.9 Å². The number of aryl methyl sites for hydroxylation is 1. The fraction of sp³-hybridized carbons (Fsp3) is 0.615. The van der Waals surface area contributed by atoms with Crippen molar-refractivity contribution < 1.29 is 14.0 Å². The van der Waals surface area contributed by atoms with Gasteiger partial charge in [0.1, 0.15) is 11.2 Å². The molecule has 1 aliphatic carbocycles. The Morgan fingerprint density at radius 3 is 2.57 bits per heavy atom. The van der Waals surface area contributed by atoms with Crippen LogP contribution in [0.25, 0.3) is 0 Å². The van der Waals surface area contributed by atoms with E-state index in [0.717, 1.165) is 54.7 Å². The van der Waals surface area contributed by atoms with Crippen LogP contribution in [0.4, 0.5) is 15.2 Å². The number of likely N-dealkylation sites (tertiary alicyclic amines) is 1. The van der Waals surface area contributed by atoms with Crippen molar-refractivity contribution in [2.75, 3.05) is 29.9 Å². The minimum Gasteiger partial charge on any atom is -0.312 e. The number of piperidine rings is 1. The minimum atomic E-state index is -0.671. The Bertz CT molecular complexity index is 1020. The third-order valence-electron chi connectivity index (χ3n) is 7.61. The van der Waals surface area contributed by atoms with Crippen LogP contribution in [-0.2, 0) is 22.6 Å². The first kappa shape index (κ1) is 24.3. The molecule has 35 heavy (non-hydrogen) atoms. The van der Waals surface area contributed by atoms with Gasteiger partial charge < -0.3 is 10.2 Å². The minimum absolute atomic E-state index is 0.0440. The molecule has 0 bridgehead atoms. The highest BCUT2D eigenvalue weighted by atomic mass is 32.1. The molecule has 188 valence electrons. The largest absolute Gasteiger partial charge is 0.312 e. The van der Waals surface area contributed by atoms with Gasteiger partial charge in [-0.05, 0) is 42.9 Å². The van der Waals surface area contributed by atoms with Crippen molar-refractivity contribution in [1.29, 1.82) is 0 Å². The lowest BCUT2D eigenvalue weighted by atomic mass is 10.0. The van der Waals surface area contributed by atoms with Gasteiger partial charge in [0.15, 0.2) is 0 Å². The third-order valence-corrected chi connectivity index (χ3v) is 8.50. The van der Waals surface area contributed by atoms with Crippen LogP contribution >= 0.6 is 11.3 Å². The molecule has 1 aromatic heterocycles. The average Bonchev–Trinajstić information content (AvgIpc) is 3.61. The molecule has 3 fully saturated rings. The smallest absolute Gasteiger partial charge is 0.231 e. The fourth-order valence-corrected chi connectivity index (χ4v) is 6.23. The second-order valence-electron chi connectivity index (χ2n) is 10.2. The Hall–Kier alpha value is -2.39. The van der Waals surface area contributed by atoms with Gasteiger partial charge >= 0.3 is 0 Å². The highest BCUT2D eigenvalue weighted by Gasteiger charge is 2.35. The Balaban J connectivity index is 1.11. The zero-order chi connectivity index (χ0) is 24.2. The lowest BCUT2D eigenvalue weighted by molar-refractivity contribution is -0.122. The van der Waals surface area contributed by atoms with Crippen molar-refractivity contribution in [1.82, 2.24) is 15.1 Å². The molecule has 3 aliphatic rings. The highest BCUT2D eigenvalue weighted by molar-refractivity contribution is 7.15. The van der Waals surface area contributed by atoms with E-state index in [-0.39, 0.29) is 18.2 Å². The predicted octanol–water partition coefficient (Wildman–Crippen LogP) is 4.59. The van der Waals surface area contributed by atoms with Crippen molar-refractivity contribution in [2.24, 2.45) is 11.8 Å². The Labute approximate surface area is 210 Å². The van der Waals surface area contributed by atoms with E-state index in [2.05, 4.69) is 20.4 Å². The maximum absolute atomic E-state index is 13.4. The van der Waals surface area contributed by atoms with Gasteiger partial charge in [0.2, 0.25) is 16.9 Å². The van der Waals surface area contributed by atoms with Crippen LogP contribution in [0.2, 0.25) is 0 Å². The second-order valence-corrected chi connectivity index (χ2v) is 11.3. The summed E-state index contributed by atoms with van der Waals surface area (Å²) < 4.78 is 13.4. The van der Waals surface area contributed by atoms with Crippen molar-refractivity contribution >= 4 is 34.0 Å². The molecule has 2 saturated heterocycles. The standard InChI is InChI=1S/C26H34FN5O2S/c27-21-11-13-31(14-12-21)16-19-5-8-22(9-6-19)32-17-20(15-24(32)33)25(34)28-26-30-29-23(35-26)10-7-18-3-1-2-4-18/h5-6,8-9,18,20-21H,1-4,7,10-17H2,(H,28,30,34). The monoisotopic (exact) mass is 499 g/mol. The number of amides is 2.